The lowest BCUT2D eigenvalue weighted by Crippen LogP contribution is -2.47. The van der Waals surface area contributed by atoms with Crippen molar-refractivity contribution in [2.75, 3.05) is 0 Å². The normalized spacial score (nSPS) is 21.7. The molecule has 0 fully saturated rings. The summed E-state index contributed by atoms with van der Waals surface area (Å²) in [6, 6.07) is 7.95. The highest BCUT2D eigenvalue weighted by Crippen LogP contribution is 2.25. The van der Waals surface area contributed by atoms with Gasteiger partial charge in [-0.1, -0.05) is 36.4 Å². The van der Waals surface area contributed by atoms with Crippen molar-refractivity contribution in [2.45, 2.75) is 31.8 Å². The second-order valence-corrected chi connectivity index (χ2v) is 5.41. The molecule has 3 rings (SSSR count). The third-order valence-corrected chi connectivity index (χ3v) is 4.00. The van der Waals surface area contributed by atoms with E-state index in [1.54, 1.807) is 0 Å². The summed E-state index contributed by atoms with van der Waals surface area (Å²) in [4.78, 5) is 14.9. The van der Waals surface area contributed by atoms with Crippen LogP contribution in [0.15, 0.2) is 49.1 Å². The predicted octanol–water partition coefficient (Wildman–Crippen LogP) is 3.30. The molecule has 1 amide bonds. The topological polar surface area (TPSA) is 49.0 Å². The highest BCUT2D eigenvalue weighted by molar-refractivity contribution is 6.05. The number of hydrogen-bond donors (Lipinski definition) is 1. The number of carbonyl (C=O) groups excluding carboxylic acids is 1. The second-order valence-electron chi connectivity index (χ2n) is 5.41. The molecule has 1 aromatic heterocycles. The Morgan fingerprint density at radius 2 is 2.33 bits per heavy atom. The van der Waals surface area contributed by atoms with Gasteiger partial charge < -0.3 is 4.90 Å². The molecule has 0 radical (unpaired) electrons. The molecule has 2 atom stereocenters. The van der Waals surface area contributed by atoms with Gasteiger partial charge in [-0.25, -0.2) is 0 Å². The van der Waals surface area contributed by atoms with E-state index in [0.29, 0.717) is 5.69 Å². The van der Waals surface area contributed by atoms with Gasteiger partial charge in [0.1, 0.15) is 0 Å². The van der Waals surface area contributed by atoms with Gasteiger partial charge in [-0.2, -0.15) is 5.10 Å². The zero-order valence-electron chi connectivity index (χ0n) is 12.1. The van der Waals surface area contributed by atoms with Crippen LogP contribution in [0.25, 0.3) is 10.9 Å². The Bertz CT molecular complexity index is 701. The molecule has 1 aromatic carbocycles. The Balaban J connectivity index is 1.99. The molecule has 0 unspecified atom stereocenters. The second kappa shape index (κ2) is 5.56. The molecule has 0 saturated heterocycles. The number of amides is 1. The van der Waals surface area contributed by atoms with Crippen LogP contribution in [0.4, 0.5) is 0 Å². The van der Waals surface area contributed by atoms with E-state index in [4.69, 9.17) is 0 Å². The zero-order valence-corrected chi connectivity index (χ0v) is 12.1. The first-order chi connectivity index (χ1) is 10.2. The summed E-state index contributed by atoms with van der Waals surface area (Å²) in [5.74, 6) is -0.0175. The van der Waals surface area contributed by atoms with Gasteiger partial charge in [0.25, 0.3) is 5.91 Å². The maximum Gasteiger partial charge on any atom is 0.275 e. The third-order valence-electron chi connectivity index (χ3n) is 4.00. The number of nitrogens with one attached hydrogen (secondary N) is 1. The summed E-state index contributed by atoms with van der Waals surface area (Å²) >= 11 is 0. The maximum atomic E-state index is 12.9. The van der Waals surface area contributed by atoms with Gasteiger partial charge in [0.2, 0.25) is 0 Å². The number of rotatable bonds is 3. The lowest BCUT2D eigenvalue weighted by Gasteiger charge is -2.37. The van der Waals surface area contributed by atoms with Crippen LogP contribution in [-0.2, 0) is 0 Å². The Labute approximate surface area is 124 Å². The molecule has 21 heavy (non-hydrogen) atoms. The average molecular weight is 281 g/mol. The zero-order chi connectivity index (χ0) is 14.8. The van der Waals surface area contributed by atoms with Gasteiger partial charge in [-0.3, -0.25) is 9.89 Å². The number of nitrogens with zero attached hydrogens (tertiary/aromatic N) is 2. The van der Waals surface area contributed by atoms with Crippen molar-refractivity contribution in [3.63, 3.8) is 0 Å². The Hall–Kier alpha value is -2.36. The Morgan fingerprint density at radius 3 is 3.14 bits per heavy atom. The van der Waals surface area contributed by atoms with Gasteiger partial charge in [0.05, 0.1) is 5.52 Å². The quantitative estimate of drug-likeness (QED) is 0.878. The van der Waals surface area contributed by atoms with Crippen LogP contribution >= 0.6 is 0 Å². The van der Waals surface area contributed by atoms with Crippen LogP contribution in [-0.4, -0.2) is 33.1 Å². The smallest absolute Gasteiger partial charge is 0.275 e. The average Bonchev–Trinajstić information content (AvgIpc) is 2.91. The molecular weight excluding hydrogens is 262 g/mol. The number of H-pyrrole nitrogens is 1. The lowest BCUT2D eigenvalue weighted by atomic mass is 9.99. The van der Waals surface area contributed by atoms with Crippen molar-refractivity contribution >= 4 is 16.8 Å². The molecule has 1 aliphatic heterocycles. The van der Waals surface area contributed by atoms with Crippen molar-refractivity contribution in [1.82, 2.24) is 15.1 Å². The first-order valence-corrected chi connectivity index (χ1v) is 7.25. The van der Waals surface area contributed by atoms with E-state index >= 15 is 0 Å². The third kappa shape index (κ3) is 2.37. The van der Waals surface area contributed by atoms with Crippen LogP contribution in [0.1, 0.15) is 30.3 Å². The minimum Gasteiger partial charge on any atom is -0.327 e. The van der Waals surface area contributed by atoms with Crippen LogP contribution in [0.2, 0.25) is 0 Å². The first kappa shape index (κ1) is 13.6. The summed E-state index contributed by atoms with van der Waals surface area (Å²) in [6.07, 6.45) is 7.75. The van der Waals surface area contributed by atoms with Crippen molar-refractivity contribution < 1.29 is 4.79 Å². The van der Waals surface area contributed by atoms with Gasteiger partial charge in [0, 0.05) is 17.5 Å². The van der Waals surface area contributed by atoms with E-state index in [2.05, 4.69) is 28.9 Å². The molecule has 0 aliphatic carbocycles. The number of hydrogen-bond acceptors (Lipinski definition) is 2. The summed E-state index contributed by atoms with van der Waals surface area (Å²) < 4.78 is 0. The van der Waals surface area contributed by atoms with E-state index in [1.165, 1.54) is 0 Å². The van der Waals surface area contributed by atoms with Gasteiger partial charge in [-0.05, 0) is 25.8 Å². The molecule has 0 saturated carbocycles. The van der Waals surface area contributed by atoms with Gasteiger partial charge in [0.15, 0.2) is 5.69 Å². The Morgan fingerprint density at radius 1 is 1.52 bits per heavy atom. The molecule has 4 nitrogen and oxygen atoms in total. The monoisotopic (exact) mass is 281 g/mol. The first-order valence-electron chi connectivity index (χ1n) is 7.25. The molecule has 108 valence electrons. The number of benzene rings is 1. The molecule has 2 aromatic rings. The maximum absolute atomic E-state index is 12.9. The van der Waals surface area contributed by atoms with Gasteiger partial charge in [-0.15, -0.1) is 6.58 Å². The predicted molar refractivity (Wildman–Crippen MR) is 84.1 cm³/mol. The van der Waals surface area contributed by atoms with Crippen molar-refractivity contribution in [1.29, 1.82) is 0 Å². The molecule has 0 bridgehead atoms. The highest BCUT2D eigenvalue weighted by atomic mass is 16.2. The van der Waals surface area contributed by atoms with Gasteiger partial charge >= 0.3 is 0 Å². The minimum atomic E-state index is -0.0175. The number of para-hydroxylation sites is 1. The number of aromatic nitrogens is 2. The summed E-state index contributed by atoms with van der Waals surface area (Å²) in [5.41, 5.74) is 1.39. The minimum absolute atomic E-state index is 0.0175. The molecule has 4 heteroatoms. The van der Waals surface area contributed by atoms with E-state index in [0.717, 1.165) is 23.7 Å². The van der Waals surface area contributed by atoms with Crippen molar-refractivity contribution in [3.05, 3.63) is 54.8 Å². The number of aromatic amines is 1. The van der Waals surface area contributed by atoms with Crippen LogP contribution < -0.4 is 0 Å². The van der Waals surface area contributed by atoms with Crippen molar-refractivity contribution in [3.8, 4) is 0 Å². The van der Waals surface area contributed by atoms with Crippen molar-refractivity contribution in [2.24, 2.45) is 0 Å². The standard InChI is InChI=1S/C17H19N3O/c1-3-7-13-9-6-8-12(2)20(13)17(21)16-14-10-4-5-11-15(14)18-19-16/h3-6,8,10-13H,1,7,9H2,2H3,(H,18,19)/t12-,13-/m1/s1. The summed E-state index contributed by atoms with van der Waals surface area (Å²) in [5, 5.41) is 8.04. The van der Waals surface area contributed by atoms with Crippen LogP contribution in [0.3, 0.4) is 0 Å². The molecule has 1 aliphatic rings. The van der Waals surface area contributed by atoms with Crippen LogP contribution in [0.5, 0.6) is 0 Å². The number of carbonyl (C=O) groups is 1. The fourth-order valence-corrected chi connectivity index (χ4v) is 2.97. The van der Waals surface area contributed by atoms with E-state index in [9.17, 15) is 4.79 Å². The largest absolute Gasteiger partial charge is 0.327 e. The fourth-order valence-electron chi connectivity index (χ4n) is 2.97. The van der Waals surface area contributed by atoms with E-state index < -0.39 is 0 Å². The Kier molecular flexibility index (Phi) is 3.60. The fraction of sp³-hybridized carbons (Fsp3) is 0.294. The molecule has 1 N–H and O–H groups in total. The molecule has 2 heterocycles. The van der Waals surface area contributed by atoms with E-state index in [-0.39, 0.29) is 18.0 Å². The molecular formula is C17H19N3O. The van der Waals surface area contributed by atoms with E-state index in [1.807, 2.05) is 42.2 Å². The SMILES string of the molecule is C=CC[C@@H]1CC=C[C@@H](C)N1C(=O)c1n[nH]c2ccccc12. The number of fused-ring (bicyclic) bond motifs is 1. The van der Waals surface area contributed by atoms with Crippen LogP contribution in [0, 0.1) is 0 Å². The summed E-state index contributed by atoms with van der Waals surface area (Å²) in [7, 11) is 0. The summed E-state index contributed by atoms with van der Waals surface area (Å²) in [6.45, 7) is 5.84. The molecule has 0 spiro atoms. The lowest BCUT2D eigenvalue weighted by molar-refractivity contribution is 0.0618. The highest BCUT2D eigenvalue weighted by Gasteiger charge is 2.31.